The first-order valence-corrected chi connectivity index (χ1v) is 6.58. The van der Waals surface area contributed by atoms with Gasteiger partial charge in [0, 0.05) is 30.0 Å². The van der Waals surface area contributed by atoms with E-state index in [2.05, 4.69) is 26.2 Å². The van der Waals surface area contributed by atoms with Crippen LogP contribution in [0.2, 0.25) is 0 Å². The molecule has 0 bridgehead atoms. The van der Waals surface area contributed by atoms with Gasteiger partial charge < -0.3 is 10.4 Å². The number of hydrogen-bond acceptors (Lipinski definition) is 3. The van der Waals surface area contributed by atoms with E-state index < -0.39 is 6.10 Å². The van der Waals surface area contributed by atoms with Crippen LogP contribution in [0.4, 0.5) is 0 Å². The number of nitrogens with one attached hydrogen (secondary N) is 1. The van der Waals surface area contributed by atoms with Crippen molar-refractivity contribution in [2.45, 2.75) is 12.6 Å². The molecule has 0 radical (unpaired) electrons. The van der Waals surface area contributed by atoms with Crippen LogP contribution in [0, 0.1) is 0 Å². The van der Waals surface area contributed by atoms with Gasteiger partial charge in [-0.15, -0.1) is 0 Å². The summed E-state index contributed by atoms with van der Waals surface area (Å²) in [5.74, 6) is 0. The standard InChI is InChI=1S/C14H15BrN2O/c15-13-6-11(7-16-9-13)8-17-10-14(18)12-4-2-1-3-5-12/h1-7,9,14,17-18H,8,10H2. The molecule has 94 valence electrons. The number of benzene rings is 1. The summed E-state index contributed by atoms with van der Waals surface area (Å²) in [6.07, 6.45) is 3.08. The van der Waals surface area contributed by atoms with E-state index in [0.29, 0.717) is 13.1 Å². The predicted octanol–water partition coefficient (Wildman–Crippen LogP) is 2.67. The highest BCUT2D eigenvalue weighted by molar-refractivity contribution is 9.10. The summed E-state index contributed by atoms with van der Waals surface area (Å²) in [5, 5.41) is 13.2. The fraction of sp³-hybridized carbons (Fsp3) is 0.214. The van der Waals surface area contributed by atoms with E-state index in [4.69, 9.17) is 0 Å². The molecule has 3 nitrogen and oxygen atoms in total. The fourth-order valence-corrected chi connectivity index (χ4v) is 2.11. The second kappa shape index (κ2) is 6.64. The minimum Gasteiger partial charge on any atom is -0.387 e. The second-order valence-electron chi connectivity index (χ2n) is 4.07. The monoisotopic (exact) mass is 306 g/mol. The van der Waals surface area contributed by atoms with Gasteiger partial charge in [0.15, 0.2) is 0 Å². The molecule has 0 aliphatic rings. The summed E-state index contributed by atoms with van der Waals surface area (Å²) in [6.45, 7) is 1.22. The molecule has 1 atom stereocenters. The fourth-order valence-electron chi connectivity index (χ4n) is 1.70. The zero-order chi connectivity index (χ0) is 12.8. The predicted molar refractivity (Wildman–Crippen MR) is 75.0 cm³/mol. The Bertz CT molecular complexity index is 490. The number of hydrogen-bond donors (Lipinski definition) is 2. The van der Waals surface area contributed by atoms with Gasteiger partial charge in [0.1, 0.15) is 0 Å². The van der Waals surface area contributed by atoms with E-state index in [9.17, 15) is 5.11 Å². The van der Waals surface area contributed by atoms with E-state index in [1.165, 1.54) is 0 Å². The van der Waals surface area contributed by atoms with Crippen LogP contribution in [0.3, 0.4) is 0 Å². The molecule has 0 aliphatic carbocycles. The van der Waals surface area contributed by atoms with Gasteiger partial charge in [0.05, 0.1) is 6.10 Å². The lowest BCUT2D eigenvalue weighted by atomic mass is 10.1. The Morgan fingerprint density at radius 3 is 2.72 bits per heavy atom. The van der Waals surface area contributed by atoms with Crippen molar-refractivity contribution in [3.8, 4) is 0 Å². The lowest BCUT2D eigenvalue weighted by molar-refractivity contribution is 0.174. The Labute approximate surface area is 115 Å². The van der Waals surface area contributed by atoms with Crippen molar-refractivity contribution >= 4 is 15.9 Å². The largest absolute Gasteiger partial charge is 0.387 e. The molecule has 2 rings (SSSR count). The van der Waals surface area contributed by atoms with Crippen molar-refractivity contribution in [3.63, 3.8) is 0 Å². The summed E-state index contributed by atoms with van der Waals surface area (Å²) >= 11 is 3.38. The number of nitrogens with zero attached hydrogens (tertiary/aromatic N) is 1. The lowest BCUT2D eigenvalue weighted by Gasteiger charge is -2.12. The molecular formula is C14H15BrN2O. The quantitative estimate of drug-likeness (QED) is 0.892. The van der Waals surface area contributed by atoms with Gasteiger partial charge in [-0.05, 0) is 33.1 Å². The minimum absolute atomic E-state index is 0.480. The zero-order valence-electron chi connectivity index (χ0n) is 9.88. The van der Waals surface area contributed by atoms with E-state index in [0.717, 1.165) is 15.6 Å². The van der Waals surface area contributed by atoms with Gasteiger partial charge >= 0.3 is 0 Å². The minimum atomic E-state index is -0.480. The van der Waals surface area contributed by atoms with Crippen LogP contribution in [-0.2, 0) is 6.54 Å². The maximum atomic E-state index is 9.97. The molecule has 1 heterocycles. The van der Waals surface area contributed by atoms with Gasteiger partial charge in [-0.3, -0.25) is 4.98 Å². The molecule has 4 heteroatoms. The smallest absolute Gasteiger partial charge is 0.0914 e. The maximum absolute atomic E-state index is 9.97. The zero-order valence-corrected chi connectivity index (χ0v) is 11.5. The van der Waals surface area contributed by atoms with Crippen molar-refractivity contribution in [1.29, 1.82) is 0 Å². The Hall–Kier alpha value is -1.23. The van der Waals surface area contributed by atoms with E-state index in [1.54, 1.807) is 6.20 Å². The van der Waals surface area contributed by atoms with Crippen molar-refractivity contribution in [2.24, 2.45) is 0 Å². The molecule has 0 saturated carbocycles. The Balaban J connectivity index is 1.82. The van der Waals surface area contributed by atoms with Crippen LogP contribution in [0.15, 0.2) is 53.3 Å². The highest BCUT2D eigenvalue weighted by Gasteiger charge is 2.05. The van der Waals surface area contributed by atoms with Crippen LogP contribution in [0.1, 0.15) is 17.2 Å². The molecular weight excluding hydrogens is 292 g/mol. The third-order valence-electron chi connectivity index (χ3n) is 2.61. The molecule has 1 aromatic carbocycles. The number of aromatic nitrogens is 1. The first kappa shape index (κ1) is 13.2. The number of aliphatic hydroxyl groups is 1. The molecule has 0 aliphatic heterocycles. The third-order valence-corrected chi connectivity index (χ3v) is 3.05. The van der Waals surface area contributed by atoms with Gasteiger partial charge in [-0.25, -0.2) is 0 Å². The maximum Gasteiger partial charge on any atom is 0.0914 e. The lowest BCUT2D eigenvalue weighted by Crippen LogP contribution is -2.21. The van der Waals surface area contributed by atoms with Crippen LogP contribution < -0.4 is 5.32 Å². The van der Waals surface area contributed by atoms with Crippen LogP contribution in [-0.4, -0.2) is 16.6 Å². The highest BCUT2D eigenvalue weighted by Crippen LogP contribution is 2.12. The first-order valence-electron chi connectivity index (χ1n) is 5.79. The van der Waals surface area contributed by atoms with Gasteiger partial charge in [0.25, 0.3) is 0 Å². The SMILES string of the molecule is OC(CNCc1cncc(Br)c1)c1ccccc1. The van der Waals surface area contributed by atoms with E-state index >= 15 is 0 Å². The van der Waals surface area contributed by atoms with Crippen molar-refractivity contribution in [2.75, 3.05) is 6.54 Å². The number of rotatable bonds is 5. The highest BCUT2D eigenvalue weighted by atomic mass is 79.9. The Morgan fingerprint density at radius 2 is 2.00 bits per heavy atom. The second-order valence-corrected chi connectivity index (χ2v) is 4.98. The van der Waals surface area contributed by atoms with Crippen molar-refractivity contribution in [1.82, 2.24) is 10.3 Å². The van der Waals surface area contributed by atoms with Gasteiger partial charge in [0.2, 0.25) is 0 Å². The van der Waals surface area contributed by atoms with Crippen molar-refractivity contribution < 1.29 is 5.11 Å². The van der Waals surface area contributed by atoms with Crippen LogP contribution in [0.25, 0.3) is 0 Å². The van der Waals surface area contributed by atoms with Crippen LogP contribution >= 0.6 is 15.9 Å². The molecule has 2 N–H and O–H groups in total. The summed E-state index contributed by atoms with van der Waals surface area (Å²) < 4.78 is 0.963. The molecule has 2 aromatic rings. The number of pyridine rings is 1. The molecule has 1 aromatic heterocycles. The number of halogens is 1. The average Bonchev–Trinajstić information content (AvgIpc) is 2.40. The number of aliphatic hydroxyl groups excluding tert-OH is 1. The Morgan fingerprint density at radius 1 is 1.22 bits per heavy atom. The van der Waals surface area contributed by atoms with Gasteiger partial charge in [-0.2, -0.15) is 0 Å². The average molecular weight is 307 g/mol. The summed E-state index contributed by atoms with van der Waals surface area (Å²) in [6, 6.07) is 11.7. The Kier molecular flexibility index (Phi) is 4.87. The molecule has 0 amide bonds. The van der Waals surface area contributed by atoms with Gasteiger partial charge in [-0.1, -0.05) is 30.3 Å². The van der Waals surface area contributed by atoms with Crippen LogP contribution in [0.5, 0.6) is 0 Å². The molecule has 0 fully saturated rings. The molecule has 0 saturated heterocycles. The topological polar surface area (TPSA) is 45.1 Å². The van der Waals surface area contributed by atoms with Crippen molar-refractivity contribution in [3.05, 3.63) is 64.4 Å². The first-order chi connectivity index (χ1) is 8.75. The molecule has 18 heavy (non-hydrogen) atoms. The normalized spacial score (nSPS) is 12.3. The van der Waals surface area contributed by atoms with E-state index in [-0.39, 0.29) is 0 Å². The third kappa shape index (κ3) is 3.91. The molecule has 1 unspecified atom stereocenters. The summed E-state index contributed by atoms with van der Waals surface area (Å²) in [5.41, 5.74) is 2.02. The molecule has 0 spiro atoms. The summed E-state index contributed by atoms with van der Waals surface area (Å²) in [4.78, 5) is 4.09. The van der Waals surface area contributed by atoms with E-state index in [1.807, 2.05) is 42.6 Å². The summed E-state index contributed by atoms with van der Waals surface area (Å²) in [7, 11) is 0.